The Hall–Kier alpha value is -2.86. The van der Waals surface area contributed by atoms with Gasteiger partial charge in [-0.25, -0.2) is 15.0 Å². The lowest BCUT2D eigenvalue weighted by Crippen LogP contribution is -2.38. The predicted molar refractivity (Wildman–Crippen MR) is 100 cm³/mol. The summed E-state index contributed by atoms with van der Waals surface area (Å²) in [6.07, 6.45) is 0.771. The topological polar surface area (TPSA) is 219 Å². The van der Waals surface area contributed by atoms with Gasteiger partial charge in [-0.1, -0.05) is 18.5 Å². The predicted octanol–water partition coefficient (Wildman–Crippen LogP) is -1.24. The molecule has 0 aliphatic rings. The van der Waals surface area contributed by atoms with Crippen LogP contribution in [0.15, 0.2) is 9.98 Å². The van der Waals surface area contributed by atoms with Crippen LogP contribution in [-0.2, 0) is 4.74 Å². The minimum absolute atomic E-state index is 0.0352. The Morgan fingerprint density at radius 3 is 2.58 bits per heavy atom. The largest absolute Gasteiger partial charge is 0.382 e. The molecule has 1 unspecified atom stereocenters. The maximum absolute atomic E-state index is 12.0. The van der Waals surface area contributed by atoms with Gasteiger partial charge < -0.3 is 33.4 Å². The fraction of sp³-hybridized carbons (Fsp3) is 0.462. The molecule has 0 aliphatic heterocycles. The van der Waals surface area contributed by atoms with Gasteiger partial charge in [0.1, 0.15) is 0 Å². The molecule has 0 saturated carbocycles. The molecule has 1 aromatic rings. The van der Waals surface area contributed by atoms with Crippen LogP contribution >= 0.6 is 11.6 Å². The number of halogens is 1. The van der Waals surface area contributed by atoms with Crippen LogP contribution < -0.4 is 34.0 Å². The molecule has 11 N–H and O–H groups in total. The maximum atomic E-state index is 12.0. The highest BCUT2D eigenvalue weighted by Gasteiger charge is 2.16. The number of nitrogens with one attached hydrogen (secondary N) is 1. The second-order valence-corrected chi connectivity index (χ2v) is 5.35. The summed E-state index contributed by atoms with van der Waals surface area (Å²) in [4.78, 5) is 27.4. The summed E-state index contributed by atoms with van der Waals surface area (Å²) in [7, 11) is 0. The molecule has 1 rings (SSSR count). The number of amides is 1. The van der Waals surface area contributed by atoms with Gasteiger partial charge in [-0.15, -0.1) is 0 Å². The van der Waals surface area contributed by atoms with Gasteiger partial charge in [0.05, 0.1) is 6.61 Å². The van der Waals surface area contributed by atoms with Crippen LogP contribution in [0.4, 0.5) is 11.6 Å². The van der Waals surface area contributed by atoms with E-state index in [-0.39, 0.29) is 34.4 Å². The Kier molecular flexibility index (Phi) is 8.31. The summed E-state index contributed by atoms with van der Waals surface area (Å²) in [5, 5.41) is 2.20. The third-order valence-corrected chi connectivity index (χ3v) is 3.18. The summed E-state index contributed by atoms with van der Waals surface area (Å²) in [5.41, 5.74) is 27.1. The first-order valence-corrected chi connectivity index (χ1v) is 8.02. The smallest absolute Gasteiger partial charge is 0.280 e. The molecule has 0 aromatic carbocycles. The van der Waals surface area contributed by atoms with Gasteiger partial charge in [0, 0.05) is 6.54 Å². The van der Waals surface area contributed by atoms with Crippen LogP contribution in [0.3, 0.4) is 0 Å². The zero-order valence-corrected chi connectivity index (χ0v) is 15.0. The average molecular weight is 387 g/mol. The zero-order valence-electron chi connectivity index (χ0n) is 14.3. The number of aliphatic imine (C=N–C) groups is 2. The van der Waals surface area contributed by atoms with E-state index in [2.05, 4.69) is 25.3 Å². The van der Waals surface area contributed by atoms with Gasteiger partial charge in [0.2, 0.25) is 0 Å². The molecule has 13 heteroatoms. The van der Waals surface area contributed by atoms with Gasteiger partial charge in [0.15, 0.2) is 40.6 Å². The first-order chi connectivity index (χ1) is 12.2. The summed E-state index contributed by atoms with van der Waals surface area (Å²) < 4.78 is 5.47. The van der Waals surface area contributed by atoms with Crippen molar-refractivity contribution >= 4 is 41.1 Å². The minimum Gasteiger partial charge on any atom is -0.382 e. The van der Waals surface area contributed by atoms with E-state index in [1.165, 1.54) is 0 Å². The summed E-state index contributed by atoms with van der Waals surface area (Å²) in [5.74, 6) is -1.09. The van der Waals surface area contributed by atoms with E-state index in [0.29, 0.717) is 26.0 Å². The van der Waals surface area contributed by atoms with Crippen molar-refractivity contribution in [2.75, 3.05) is 24.6 Å². The van der Waals surface area contributed by atoms with Crippen molar-refractivity contribution in [2.45, 2.75) is 26.0 Å². The Morgan fingerprint density at radius 1 is 1.27 bits per heavy atom. The van der Waals surface area contributed by atoms with E-state index in [1.54, 1.807) is 0 Å². The third-order valence-electron chi connectivity index (χ3n) is 2.90. The normalized spacial score (nSPS) is 12.5. The summed E-state index contributed by atoms with van der Waals surface area (Å²) in [6, 6.07) is 0. The number of hydrogen-bond donors (Lipinski definition) is 6. The average Bonchev–Trinajstić information content (AvgIpc) is 2.56. The number of hydrogen-bond acceptors (Lipinski definition) is 8. The Bertz CT molecular complexity index is 690. The molecular formula is C13H23ClN10O2. The molecule has 0 bridgehead atoms. The highest BCUT2D eigenvalue weighted by atomic mass is 35.5. The van der Waals surface area contributed by atoms with Crippen molar-refractivity contribution < 1.29 is 9.53 Å². The van der Waals surface area contributed by atoms with Crippen LogP contribution in [0, 0.1) is 0 Å². The lowest BCUT2D eigenvalue weighted by atomic mass is 10.4. The van der Waals surface area contributed by atoms with E-state index in [0.717, 1.165) is 0 Å². The van der Waals surface area contributed by atoms with Crippen LogP contribution in [0.25, 0.3) is 0 Å². The van der Waals surface area contributed by atoms with Crippen LogP contribution in [-0.4, -0.2) is 47.2 Å². The molecule has 0 aliphatic carbocycles. The molecule has 1 aromatic heterocycles. The number of nitrogens with zero attached hydrogens (tertiary/aromatic N) is 4. The fourth-order valence-electron chi connectivity index (χ4n) is 1.72. The standard InChI is InChI=1S/C13H23ClN10O2/c1-2-6(21-12(17)18)26-5-3-4-20-13(19)24-11(25)7-9(15)23-10(16)8(14)22-7/h6H,2-5H2,1H3,(H4,15,16,23)(H4,17,18,21)(H3,19,20,24,25). The number of nitrogens with two attached hydrogens (primary N) is 5. The van der Waals surface area contributed by atoms with E-state index >= 15 is 0 Å². The lowest BCUT2D eigenvalue weighted by Gasteiger charge is -2.11. The number of ether oxygens (including phenoxy) is 1. The van der Waals surface area contributed by atoms with Crippen molar-refractivity contribution in [1.82, 2.24) is 15.3 Å². The van der Waals surface area contributed by atoms with E-state index < -0.39 is 12.1 Å². The Labute approximate surface area is 155 Å². The van der Waals surface area contributed by atoms with E-state index in [4.69, 9.17) is 45.0 Å². The summed E-state index contributed by atoms with van der Waals surface area (Å²) >= 11 is 5.72. The molecule has 0 saturated heterocycles. The number of aromatic nitrogens is 2. The molecule has 1 amide bonds. The first kappa shape index (κ1) is 21.2. The van der Waals surface area contributed by atoms with E-state index in [1.807, 2.05) is 6.92 Å². The Balaban J connectivity index is 2.48. The van der Waals surface area contributed by atoms with Gasteiger partial charge in [-0.3, -0.25) is 15.1 Å². The van der Waals surface area contributed by atoms with Gasteiger partial charge in [-0.05, 0) is 12.8 Å². The molecular weight excluding hydrogens is 364 g/mol. The number of anilines is 2. The number of carbonyl (C=O) groups is 1. The molecule has 0 spiro atoms. The number of carbonyl (C=O) groups excluding carboxylic acids is 1. The molecule has 0 radical (unpaired) electrons. The second-order valence-electron chi connectivity index (χ2n) is 5.00. The van der Waals surface area contributed by atoms with Crippen LogP contribution in [0.5, 0.6) is 0 Å². The third kappa shape index (κ3) is 6.94. The second kappa shape index (κ2) is 10.2. The monoisotopic (exact) mass is 386 g/mol. The number of guanidine groups is 2. The minimum atomic E-state index is -0.701. The molecule has 26 heavy (non-hydrogen) atoms. The van der Waals surface area contributed by atoms with Crippen LogP contribution in [0.2, 0.25) is 5.15 Å². The van der Waals surface area contributed by atoms with E-state index in [9.17, 15) is 4.79 Å². The van der Waals surface area contributed by atoms with Crippen molar-refractivity contribution in [2.24, 2.45) is 27.2 Å². The summed E-state index contributed by atoms with van der Waals surface area (Å²) in [6.45, 7) is 2.57. The molecule has 1 atom stereocenters. The first-order valence-electron chi connectivity index (χ1n) is 7.64. The number of rotatable bonds is 8. The Morgan fingerprint density at radius 2 is 1.96 bits per heavy atom. The van der Waals surface area contributed by atoms with Crippen molar-refractivity contribution in [1.29, 1.82) is 0 Å². The fourth-order valence-corrected chi connectivity index (χ4v) is 1.85. The zero-order chi connectivity index (χ0) is 19.7. The maximum Gasteiger partial charge on any atom is 0.280 e. The molecule has 1 heterocycles. The van der Waals surface area contributed by atoms with Gasteiger partial charge in [0.25, 0.3) is 5.91 Å². The van der Waals surface area contributed by atoms with Crippen LogP contribution in [0.1, 0.15) is 30.3 Å². The molecule has 12 nitrogen and oxygen atoms in total. The number of nitrogen functional groups attached to an aromatic ring is 2. The molecule has 0 fully saturated rings. The van der Waals surface area contributed by atoms with Gasteiger partial charge >= 0.3 is 0 Å². The molecule has 144 valence electrons. The SMILES string of the molecule is CCC(N=C(N)N)OCCCN=C(N)NC(=O)c1nc(Cl)c(N)nc1N. The highest BCUT2D eigenvalue weighted by molar-refractivity contribution is 6.31. The van der Waals surface area contributed by atoms with Crippen molar-refractivity contribution in [3.63, 3.8) is 0 Å². The quantitative estimate of drug-likeness (QED) is 0.178. The van der Waals surface area contributed by atoms with Crippen molar-refractivity contribution in [3.05, 3.63) is 10.8 Å². The van der Waals surface area contributed by atoms with Crippen molar-refractivity contribution in [3.8, 4) is 0 Å². The van der Waals surface area contributed by atoms with Gasteiger partial charge in [-0.2, -0.15) is 0 Å². The lowest BCUT2D eigenvalue weighted by molar-refractivity contribution is 0.0564. The highest BCUT2D eigenvalue weighted by Crippen LogP contribution is 2.17.